The molecular formula is C35H27Cl2N3O2. The van der Waals surface area contributed by atoms with Crippen LogP contribution in [0.2, 0.25) is 10.0 Å². The van der Waals surface area contributed by atoms with Gasteiger partial charge in [-0.1, -0.05) is 120 Å². The Morgan fingerprint density at radius 2 is 1.33 bits per heavy atom. The summed E-state index contributed by atoms with van der Waals surface area (Å²) < 4.78 is 7.02. The summed E-state index contributed by atoms with van der Waals surface area (Å²) in [5.41, 5.74) is 4.86. The molecule has 0 amide bonds. The molecule has 0 aliphatic rings. The number of carbonyl (C=O) groups is 1. The van der Waals surface area contributed by atoms with Gasteiger partial charge in [-0.15, -0.1) is 0 Å². The van der Waals surface area contributed by atoms with Gasteiger partial charge in [0.05, 0.1) is 23.2 Å². The van der Waals surface area contributed by atoms with E-state index >= 15 is 0 Å². The third kappa shape index (κ3) is 4.42. The minimum atomic E-state index is -0.793. The van der Waals surface area contributed by atoms with E-state index in [1.165, 1.54) is 7.11 Å². The standard InChI is InChI=1S/C35H27Cl2N3O2/c1-38-33-28-22-23(31-29(36)20-19-27(32(31)37)34(41)42-2)18-21-30(28)40(39-33)35(24-12-6-3-7-13-24,25-14-8-4-9-15-25)26-16-10-5-11-17-26/h3-22H,1-2H3,(H,38,39). The van der Waals surface area contributed by atoms with Crippen molar-refractivity contribution in [3.8, 4) is 11.1 Å². The number of ether oxygens (including phenoxy) is 1. The van der Waals surface area contributed by atoms with Gasteiger partial charge in [-0.25, -0.2) is 9.48 Å². The first-order valence-corrected chi connectivity index (χ1v) is 14.2. The van der Waals surface area contributed by atoms with Crippen LogP contribution in [-0.2, 0) is 10.3 Å². The quantitative estimate of drug-likeness (QED) is 0.149. The fraction of sp³-hybridized carbons (Fsp3) is 0.0857. The van der Waals surface area contributed by atoms with Crippen LogP contribution in [-0.4, -0.2) is 29.9 Å². The second-order valence-corrected chi connectivity index (χ2v) is 10.6. The van der Waals surface area contributed by atoms with Crippen molar-refractivity contribution in [1.29, 1.82) is 0 Å². The lowest BCUT2D eigenvalue weighted by Gasteiger charge is -2.37. The van der Waals surface area contributed by atoms with Crippen molar-refractivity contribution in [3.05, 3.63) is 154 Å². The van der Waals surface area contributed by atoms with Gasteiger partial charge in [0.2, 0.25) is 0 Å². The number of carbonyl (C=O) groups excluding carboxylic acids is 1. The van der Waals surface area contributed by atoms with Gasteiger partial charge in [0.15, 0.2) is 5.82 Å². The summed E-state index contributed by atoms with van der Waals surface area (Å²) in [7, 11) is 3.18. The number of nitrogens with zero attached hydrogens (tertiary/aromatic N) is 2. The van der Waals surface area contributed by atoms with Crippen LogP contribution in [0.5, 0.6) is 0 Å². The van der Waals surface area contributed by atoms with Gasteiger partial charge in [0.25, 0.3) is 0 Å². The minimum absolute atomic E-state index is 0.235. The van der Waals surface area contributed by atoms with Crippen LogP contribution >= 0.6 is 23.2 Å². The van der Waals surface area contributed by atoms with Crippen LogP contribution in [0.3, 0.4) is 0 Å². The highest BCUT2D eigenvalue weighted by molar-refractivity contribution is 6.41. The SMILES string of the molecule is CNc1nn(C(c2ccccc2)(c2ccccc2)c2ccccc2)c2ccc(-c3c(Cl)ccc(C(=O)OC)c3Cl)cc12. The zero-order chi connectivity index (χ0) is 29.3. The molecule has 0 bridgehead atoms. The maximum absolute atomic E-state index is 12.4. The Morgan fingerprint density at radius 1 is 0.786 bits per heavy atom. The van der Waals surface area contributed by atoms with Crippen molar-refractivity contribution in [3.63, 3.8) is 0 Å². The lowest BCUT2D eigenvalue weighted by Crippen LogP contribution is -2.38. The fourth-order valence-corrected chi connectivity index (χ4v) is 6.37. The summed E-state index contributed by atoms with van der Waals surface area (Å²) in [6, 6.07) is 40.4. The number of hydrogen-bond donors (Lipinski definition) is 1. The van der Waals surface area contributed by atoms with Gasteiger partial charge < -0.3 is 10.1 Å². The maximum atomic E-state index is 12.4. The van der Waals surface area contributed by atoms with Crippen molar-refractivity contribution >= 4 is 45.9 Å². The number of fused-ring (bicyclic) bond motifs is 1. The topological polar surface area (TPSA) is 56.2 Å². The predicted octanol–water partition coefficient (Wildman–Crippen LogP) is 8.68. The molecule has 6 rings (SSSR count). The molecule has 1 N–H and O–H groups in total. The zero-order valence-corrected chi connectivity index (χ0v) is 24.5. The first kappa shape index (κ1) is 27.6. The molecule has 1 aromatic heterocycles. The predicted molar refractivity (Wildman–Crippen MR) is 171 cm³/mol. The Kier molecular flexibility index (Phi) is 7.46. The minimum Gasteiger partial charge on any atom is -0.465 e. The molecule has 0 saturated heterocycles. The van der Waals surface area contributed by atoms with Crippen molar-refractivity contribution in [2.24, 2.45) is 0 Å². The number of anilines is 1. The average Bonchev–Trinajstić information content (AvgIpc) is 3.41. The molecule has 6 aromatic rings. The van der Waals surface area contributed by atoms with Crippen LogP contribution in [0.4, 0.5) is 5.82 Å². The summed E-state index contributed by atoms with van der Waals surface area (Å²) in [6.07, 6.45) is 0. The van der Waals surface area contributed by atoms with Crippen LogP contribution in [0, 0.1) is 0 Å². The van der Waals surface area contributed by atoms with E-state index in [2.05, 4.69) is 82.8 Å². The number of hydrogen-bond acceptors (Lipinski definition) is 4. The van der Waals surface area contributed by atoms with E-state index in [1.54, 1.807) is 12.1 Å². The van der Waals surface area contributed by atoms with Crippen LogP contribution in [0.1, 0.15) is 27.0 Å². The highest BCUT2D eigenvalue weighted by Crippen LogP contribution is 2.45. The summed E-state index contributed by atoms with van der Waals surface area (Å²) in [4.78, 5) is 12.4. The van der Waals surface area contributed by atoms with Gasteiger partial charge in [0.1, 0.15) is 5.54 Å². The largest absolute Gasteiger partial charge is 0.465 e. The van der Waals surface area contributed by atoms with Gasteiger partial charge in [-0.05, 0) is 46.5 Å². The molecule has 0 aliphatic carbocycles. The molecule has 0 spiro atoms. The Morgan fingerprint density at radius 3 is 1.83 bits per heavy atom. The molecule has 0 radical (unpaired) electrons. The molecule has 5 aromatic carbocycles. The molecule has 208 valence electrons. The molecule has 0 atom stereocenters. The van der Waals surface area contributed by atoms with E-state index in [0.29, 0.717) is 16.4 Å². The highest BCUT2D eigenvalue weighted by Gasteiger charge is 2.41. The van der Waals surface area contributed by atoms with Crippen LogP contribution in [0.25, 0.3) is 22.0 Å². The average molecular weight is 593 g/mol. The number of nitrogens with one attached hydrogen (secondary N) is 1. The van der Waals surface area contributed by atoms with E-state index in [9.17, 15) is 4.79 Å². The first-order valence-electron chi connectivity index (χ1n) is 13.4. The normalized spacial score (nSPS) is 11.4. The summed E-state index contributed by atoms with van der Waals surface area (Å²) in [6.45, 7) is 0. The first-order chi connectivity index (χ1) is 20.5. The molecule has 5 nitrogen and oxygen atoms in total. The maximum Gasteiger partial charge on any atom is 0.339 e. The van der Waals surface area contributed by atoms with Crippen molar-refractivity contribution in [2.45, 2.75) is 5.54 Å². The summed E-state index contributed by atoms with van der Waals surface area (Å²) >= 11 is 13.4. The van der Waals surface area contributed by atoms with E-state index < -0.39 is 11.5 Å². The number of aromatic nitrogens is 2. The smallest absolute Gasteiger partial charge is 0.339 e. The lowest BCUT2D eigenvalue weighted by atomic mass is 9.77. The number of benzene rings is 5. The van der Waals surface area contributed by atoms with Crippen LogP contribution < -0.4 is 5.32 Å². The molecule has 1 heterocycles. The highest BCUT2D eigenvalue weighted by atomic mass is 35.5. The lowest BCUT2D eigenvalue weighted by molar-refractivity contribution is 0.0601. The monoisotopic (exact) mass is 591 g/mol. The second-order valence-electron chi connectivity index (χ2n) is 9.83. The summed E-state index contributed by atoms with van der Waals surface area (Å²) in [5.74, 6) is 0.163. The third-order valence-electron chi connectivity index (χ3n) is 7.59. The molecular weight excluding hydrogens is 565 g/mol. The molecule has 0 unspecified atom stereocenters. The molecule has 7 heteroatoms. The van der Waals surface area contributed by atoms with E-state index in [4.69, 9.17) is 33.0 Å². The number of rotatable bonds is 7. The fourth-order valence-electron chi connectivity index (χ4n) is 5.70. The molecule has 0 fully saturated rings. The molecule has 0 saturated carbocycles. The van der Waals surface area contributed by atoms with Gasteiger partial charge in [0, 0.05) is 23.0 Å². The van der Waals surface area contributed by atoms with E-state index in [1.807, 2.05) is 43.4 Å². The second kappa shape index (κ2) is 11.4. The van der Waals surface area contributed by atoms with Crippen LogP contribution in [0.15, 0.2) is 121 Å². The third-order valence-corrected chi connectivity index (χ3v) is 8.30. The zero-order valence-electron chi connectivity index (χ0n) is 23.0. The number of halogens is 2. The molecule has 42 heavy (non-hydrogen) atoms. The Bertz CT molecular complexity index is 1790. The Hall–Kier alpha value is -4.58. The molecule has 0 aliphatic heterocycles. The van der Waals surface area contributed by atoms with Crippen molar-refractivity contribution in [1.82, 2.24) is 9.78 Å². The van der Waals surface area contributed by atoms with Gasteiger partial charge >= 0.3 is 5.97 Å². The summed E-state index contributed by atoms with van der Waals surface area (Å²) in [5, 5.41) is 10.0. The van der Waals surface area contributed by atoms with Crippen molar-refractivity contribution in [2.75, 3.05) is 19.5 Å². The Labute approximate surface area is 254 Å². The van der Waals surface area contributed by atoms with E-state index in [-0.39, 0.29) is 10.6 Å². The Balaban J connectivity index is 1.68. The number of esters is 1. The van der Waals surface area contributed by atoms with Gasteiger partial charge in [-0.2, -0.15) is 5.10 Å². The van der Waals surface area contributed by atoms with E-state index in [0.717, 1.165) is 33.2 Å². The number of methoxy groups -OCH3 is 1. The van der Waals surface area contributed by atoms with Crippen molar-refractivity contribution < 1.29 is 9.53 Å². The van der Waals surface area contributed by atoms with Gasteiger partial charge in [-0.3, -0.25) is 0 Å².